The van der Waals surface area contributed by atoms with Crippen LogP contribution in [0, 0.1) is 6.92 Å². The summed E-state index contributed by atoms with van der Waals surface area (Å²) >= 11 is 0. The number of aromatic amines is 1. The second-order valence-electron chi connectivity index (χ2n) is 6.58. The van der Waals surface area contributed by atoms with Crippen LogP contribution in [0.1, 0.15) is 5.56 Å². The van der Waals surface area contributed by atoms with E-state index in [9.17, 15) is 5.11 Å². The zero-order valence-electron chi connectivity index (χ0n) is 14.8. The van der Waals surface area contributed by atoms with Gasteiger partial charge in [-0.3, -0.25) is 5.10 Å². The molecule has 1 aromatic heterocycles. The number of aryl methyl sites for hydroxylation is 1. The molecular formula is C20H23N5O. The number of phenolic OH excluding ortho intramolecular Hbond substituents is 1. The Kier molecular flexibility index (Phi) is 4.50. The number of piperazine rings is 1. The molecule has 6 nitrogen and oxygen atoms in total. The molecule has 0 spiro atoms. The standard InChI is InChI=1S/C20H23N5O/c1-14-12-16(25-10-8-21-9-11-25)4-7-18(14)22-20-13-19(23-24-20)15-2-5-17(26)6-3-15/h2-7,12-13,21,26H,8-11H2,1H3,(H2,22,23,24). The van der Waals surface area contributed by atoms with Crippen LogP contribution in [0.4, 0.5) is 17.2 Å². The minimum Gasteiger partial charge on any atom is -0.508 e. The van der Waals surface area contributed by atoms with Crippen molar-refractivity contribution >= 4 is 17.2 Å². The van der Waals surface area contributed by atoms with Crippen molar-refractivity contribution in [3.8, 4) is 17.0 Å². The van der Waals surface area contributed by atoms with E-state index in [1.165, 1.54) is 11.3 Å². The molecule has 4 N–H and O–H groups in total. The lowest BCUT2D eigenvalue weighted by Gasteiger charge is -2.30. The summed E-state index contributed by atoms with van der Waals surface area (Å²) in [5.74, 6) is 1.03. The van der Waals surface area contributed by atoms with Crippen LogP contribution in [0.15, 0.2) is 48.5 Å². The van der Waals surface area contributed by atoms with Gasteiger partial charge in [-0.15, -0.1) is 0 Å². The van der Waals surface area contributed by atoms with Gasteiger partial charge < -0.3 is 20.6 Å². The van der Waals surface area contributed by atoms with Crippen LogP contribution in [0.5, 0.6) is 5.75 Å². The Bertz CT molecular complexity index is 881. The normalized spacial score (nSPS) is 14.4. The van der Waals surface area contributed by atoms with Gasteiger partial charge >= 0.3 is 0 Å². The second-order valence-corrected chi connectivity index (χ2v) is 6.58. The van der Waals surface area contributed by atoms with Crippen molar-refractivity contribution in [2.24, 2.45) is 0 Å². The minimum atomic E-state index is 0.256. The monoisotopic (exact) mass is 349 g/mol. The van der Waals surface area contributed by atoms with Crippen molar-refractivity contribution in [2.45, 2.75) is 6.92 Å². The molecule has 0 amide bonds. The van der Waals surface area contributed by atoms with Gasteiger partial charge in [0, 0.05) is 43.6 Å². The molecule has 0 atom stereocenters. The second kappa shape index (κ2) is 7.09. The van der Waals surface area contributed by atoms with Crippen LogP contribution < -0.4 is 15.5 Å². The highest BCUT2D eigenvalue weighted by molar-refractivity contribution is 5.69. The highest BCUT2D eigenvalue weighted by Crippen LogP contribution is 2.27. The summed E-state index contributed by atoms with van der Waals surface area (Å²) in [5.41, 5.74) is 5.39. The fourth-order valence-electron chi connectivity index (χ4n) is 3.22. The summed E-state index contributed by atoms with van der Waals surface area (Å²) in [6, 6.07) is 15.5. The summed E-state index contributed by atoms with van der Waals surface area (Å²) in [6.07, 6.45) is 0. The zero-order chi connectivity index (χ0) is 17.9. The van der Waals surface area contributed by atoms with E-state index >= 15 is 0 Å². The van der Waals surface area contributed by atoms with Gasteiger partial charge in [-0.05, 0) is 60.5 Å². The smallest absolute Gasteiger partial charge is 0.152 e. The van der Waals surface area contributed by atoms with E-state index in [2.05, 4.69) is 50.9 Å². The number of hydrogen-bond donors (Lipinski definition) is 4. The van der Waals surface area contributed by atoms with E-state index in [0.717, 1.165) is 48.9 Å². The Morgan fingerprint density at radius 1 is 1.04 bits per heavy atom. The molecule has 1 fully saturated rings. The number of nitrogens with one attached hydrogen (secondary N) is 3. The van der Waals surface area contributed by atoms with Gasteiger partial charge in [-0.1, -0.05) is 0 Å². The summed E-state index contributed by atoms with van der Waals surface area (Å²) in [5, 5.41) is 23.6. The van der Waals surface area contributed by atoms with Crippen molar-refractivity contribution in [1.82, 2.24) is 15.5 Å². The van der Waals surface area contributed by atoms with Gasteiger partial charge in [-0.2, -0.15) is 5.10 Å². The largest absolute Gasteiger partial charge is 0.508 e. The molecule has 2 heterocycles. The molecule has 4 rings (SSSR count). The van der Waals surface area contributed by atoms with Crippen LogP contribution in [0.3, 0.4) is 0 Å². The number of nitrogens with zero attached hydrogens (tertiary/aromatic N) is 2. The van der Waals surface area contributed by atoms with Crippen LogP contribution in [0.25, 0.3) is 11.3 Å². The first-order valence-corrected chi connectivity index (χ1v) is 8.87. The van der Waals surface area contributed by atoms with Gasteiger partial charge in [0.1, 0.15) is 5.75 Å². The molecule has 6 heteroatoms. The number of hydrogen-bond acceptors (Lipinski definition) is 5. The summed E-state index contributed by atoms with van der Waals surface area (Å²) in [6.45, 7) is 6.27. The first kappa shape index (κ1) is 16.5. The van der Waals surface area contributed by atoms with Gasteiger partial charge in [0.15, 0.2) is 5.82 Å². The molecule has 2 aromatic carbocycles. The molecule has 134 valence electrons. The van der Waals surface area contributed by atoms with Crippen molar-refractivity contribution in [2.75, 3.05) is 36.4 Å². The van der Waals surface area contributed by atoms with Crippen LogP contribution in [0.2, 0.25) is 0 Å². The SMILES string of the molecule is Cc1cc(N2CCNCC2)ccc1Nc1cc(-c2ccc(O)cc2)[nH]n1. The predicted octanol–water partition coefficient (Wildman–Crippen LogP) is 3.24. The average Bonchev–Trinajstić information content (AvgIpc) is 3.13. The molecule has 0 unspecified atom stereocenters. The van der Waals surface area contributed by atoms with Crippen molar-refractivity contribution in [3.05, 3.63) is 54.1 Å². The molecule has 1 saturated heterocycles. The minimum absolute atomic E-state index is 0.256. The molecular weight excluding hydrogens is 326 g/mol. The number of aromatic hydroxyl groups is 1. The third-order valence-corrected chi connectivity index (χ3v) is 4.71. The van der Waals surface area contributed by atoms with E-state index in [1.54, 1.807) is 12.1 Å². The van der Waals surface area contributed by atoms with E-state index < -0.39 is 0 Å². The Hall–Kier alpha value is -2.99. The fourth-order valence-corrected chi connectivity index (χ4v) is 3.22. The first-order valence-electron chi connectivity index (χ1n) is 8.87. The summed E-state index contributed by atoms with van der Waals surface area (Å²) in [4.78, 5) is 2.41. The fraction of sp³-hybridized carbons (Fsp3) is 0.250. The molecule has 1 aliphatic rings. The van der Waals surface area contributed by atoms with E-state index in [4.69, 9.17) is 0 Å². The maximum Gasteiger partial charge on any atom is 0.152 e. The predicted molar refractivity (Wildman–Crippen MR) is 105 cm³/mol. The molecule has 0 bridgehead atoms. The van der Waals surface area contributed by atoms with Gasteiger partial charge in [-0.25, -0.2) is 0 Å². The molecule has 3 aromatic rings. The number of rotatable bonds is 4. The molecule has 26 heavy (non-hydrogen) atoms. The Morgan fingerprint density at radius 2 is 1.81 bits per heavy atom. The summed E-state index contributed by atoms with van der Waals surface area (Å²) in [7, 11) is 0. The lowest BCUT2D eigenvalue weighted by molar-refractivity contribution is 0.475. The van der Waals surface area contributed by atoms with E-state index in [-0.39, 0.29) is 5.75 Å². The summed E-state index contributed by atoms with van der Waals surface area (Å²) < 4.78 is 0. The topological polar surface area (TPSA) is 76.2 Å². The first-order chi connectivity index (χ1) is 12.7. The van der Waals surface area contributed by atoms with Gasteiger partial charge in [0.05, 0.1) is 5.69 Å². The highest BCUT2D eigenvalue weighted by Gasteiger charge is 2.12. The lowest BCUT2D eigenvalue weighted by atomic mass is 10.1. The number of benzene rings is 2. The number of anilines is 3. The van der Waals surface area contributed by atoms with Crippen molar-refractivity contribution in [3.63, 3.8) is 0 Å². The third-order valence-electron chi connectivity index (χ3n) is 4.71. The van der Waals surface area contributed by atoms with Crippen molar-refractivity contribution in [1.29, 1.82) is 0 Å². The zero-order valence-corrected chi connectivity index (χ0v) is 14.8. The Labute approximate surface area is 152 Å². The molecule has 0 radical (unpaired) electrons. The number of aromatic nitrogens is 2. The molecule has 0 saturated carbocycles. The maximum absolute atomic E-state index is 9.41. The third kappa shape index (κ3) is 3.50. The van der Waals surface area contributed by atoms with Crippen LogP contribution in [-0.2, 0) is 0 Å². The molecule has 1 aliphatic heterocycles. The van der Waals surface area contributed by atoms with E-state index in [1.807, 2.05) is 18.2 Å². The Balaban J connectivity index is 1.49. The van der Waals surface area contributed by atoms with Crippen LogP contribution >= 0.6 is 0 Å². The Morgan fingerprint density at radius 3 is 2.54 bits per heavy atom. The quantitative estimate of drug-likeness (QED) is 0.582. The number of phenols is 1. The maximum atomic E-state index is 9.41. The van der Waals surface area contributed by atoms with E-state index in [0.29, 0.717) is 0 Å². The highest BCUT2D eigenvalue weighted by atomic mass is 16.3. The average molecular weight is 349 g/mol. The van der Waals surface area contributed by atoms with Crippen LogP contribution in [-0.4, -0.2) is 41.5 Å². The number of H-pyrrole nitrogens is 1. The lowest BCUT2D eigenvalue weighted by Crippen LogP contribution is -2.43. The van der Waals surface area contributed by atoms with Gasteiger partial charge in [0.25, 0.3) is 0 Å². The van der Waals surface area contributed by atoms with Gasteiger partial charge in [0.2, 0.25) is 0 Å². The molecule has 0 aliphatic carbocycles. The van der Waals surface area contributed by atoms with Crippen molar-refractivity contribution < 1.29 is 5.11 Å².